The van der Waals surface area contributed by atoms with Crippen molar-refractivity contribution in [3.05, 3.63) is 48.5 Å². The van der Waals surface area contributed by atoms with Crippen LogP contribution in [0.5, 0.6) is 0 Å². The summed E-state index contributed by atoms with van der Waals surface area (Å²) in [5, 5.41) is 29.3. The fourth-order valence-electron chi connectivity index (χ4n) is 6.23. The van der Waals surface area contributed by atoms with Gasteiger partial charge in [0.15, 0.2) is 5.96 Å². The molecule has 2 heterocycles. The van der Waals surface area contributed by atoms with Crippen LogP contribution in [0.4, 0.5) is 32.3 Å². The van der Waals surface area contributed by atoms with E-state index in [1.807, 2.05) is 52.0 Å². The van der Waals surface area contributed by atoms with Gasteiger partial charge < -0.3 is 46.6 Å². The van der Waals surface area contributed by atoms with E-state index in [1.54, 1.807) is 34.1 Å². The van der Waals surface area contributed by atoms with Crippen LogP contribution in [0.25, 0.3) is 0 Å². The van der Waals surface area contributed by atoms with Crippen molar-refractivity contribution in [3.8, 4) is 0 Å². The van der Waals surface area contributed by atoms with Crippen LogP contribution in [0.15, 0.2) is 63.8 Å². The zero-order chi connectivity index (χ0) is 37.8. The molecule has 2 aromatic carbocycles. The molecular weight excluding hydrogens is 668 g/mol. The van der Waals surface area contributed by atoms with Gasteiger partial charge in [-0.2, -0.15) is 10.2 Å². The van der Waals surface area contributed by atoms with Crippen LogP contribution in [-0.2, 0) is 14.3 Å². The van der Waals surface area contributed by atoms with E-state index in [4.69, 9.17) is 10.5 Å². The third-order valence-corrected chi connectivity index (χ3v) is 9.29. The number of likely N-dealkylation sites (tertiary alicyclic amines) is 2. The summed E-state index contributed by atoms with van der Waals surface area (Å²) in [4.78, 5) is 57.3. The van der Waals surface area contributed by atoms with Crippen molar-refractivity contribution in [2.45, 2.75) is 77.5 Å². The van der Waals surface area contributed by atoms with Crippen molar-refractivity contribution >= 4 is 52.7 Å². The number of carbonyl (C=O) groups is 4. The zero-order valence-electron chi connectivity index (χ0n) is 30.5. The summed E-state index contributed by atoms with van der Waals surface area (Å²) in [5.41, 5.74) is 9.05. The van der Waals surface area contributed by atoms with Gasteiger partial charge in [0.05, 0.1) is 31.1 Å². The number of aliphatic imine (C=N–C) groups is 1. The molecular formula is C36H52N10O6. The van der Waals surface area contributed by atoms with Crippen molar-refractivity contribution in [2.24, 2.45) is 32.8 Å². The number of anilines is 2. The highest BCUT2D eigenvalue weighted by molar-refractivity contribution is 5.98. The molecule has 7 N–H and O–H groups in total. The first-order valence-corrected chi connectivity index (χ1v) is 17.7. The first-order valence-electron chi connectivity index (χ1n) is 17.7. The summed E-state index contributed by atoms with van der Waals surface area (Å²) < 4.78 is 4.71. The molecule has 16 nitrogen and oxygen atoms in total. The molecule has 4 atom stereocenters. The molecule has 2 saturated heterocycles. The highest BCUT2D eigenvalue weighted by Gasteiger charge is 2.35. The van der Waals surface area contributed by atoms with Gasteiger partial charge in [-0.1, -0.05) is 27.7 Å². The minimum absolute atomic E-state index is 0.0358. The van der Waals surface area contributed by atoms with E-state index in [-0.39, 0.29) is 48.2 Å². The number of hydrogen-bond acceptors (Lipinski definition) is 9. The lowest BCUT2D eigenvalue weighted by atomic mass is 10.0. The SMILES string of the molecule is COC(=O)NC(CN=C(N)N1CCCC1C(=O)Nc1ccc(N=Nc2ccc(NCC3CCCN3C(=O)C(NC(=O)O)C(C)C)cc2)cc1)C(C)C. The fourth-order valence-corrected chi connectivity index (χ4v) is 6.23. The third-order valence-electron chi connectivity index (χ3n) is 9.29. The Labute approximate surface area is 304 Å². The number of nitrogens with two attached hydrogens (primary N) is 1. The number of guanidine groups is 1. The number of carbonyl (C=O) groups excluding carboxylic acids is 3. The van der Waals surface area contributed by atoms with Crippen LogP contribution in [0.2, 0.25) is 0 Å². The number of azo groups is 1. The van der Waals surface area contributed by atoms with Gasteiger partial charge in [0.1, 0.15) is 12.1 Å². The molecule has 0 radical (unpaired) electrons. The minimum atomic E-state index is -1.20. The number of nitrogens with zero attached hydrogens (tertiary/aromatic N) is 5. The van der Waals surface area contributed by atoms with Gasteiger partial charge in [-0.3, -0.25) is 14.6 Å². The molecule has 0 spiro atoms. The molecule has 2 aromatic rings. The van der Waals surface area contributed by atoms with E-state index in [0.717, 1.165) is 24.9 Å². The average molecular weight is 721 g/mol. The number of methoxy groups -OCH3 is 1. The minimum Gasteiger partial charge on any atom is -0.465 e. The molecule has 4 rings (SSSR count). The van der Waals surface area contributed by atoms with Gasteiger partial charge in [-0.25, -0.2) is 9.59 Å². The van der Waals surface area contributed by atoms with Crippen LogP contribution in [0, 0.1) is 11.8 Å². The first-order chi connectivity index (χ1) is 24.9. The van der Waals surface area contributed by atoms with Crippen LogP contribution in [0.1, 0.15) is 53.4 Å². The Hall–Kier alpha value is -5.41. The Bertz CT molecular complexity index is 1580. The van der Waals surface area contributed by atoms with Gasteiger partial charge in [0, 0.05) is 37.1 Å². The Morgan fingerprint density at radius 3 is 2.04 bits per heavy atom. The van der Waals surface area contributed by atoms with Gasteiger partial charge >= 0.3 is 12.2 Å². The Kier molecular flexibility index (Phi) is 14.2. The zero-order valence-corrected chi connectivity index (χ0v) is 30.5. The molecule has 2 fully saturated rings. The van der Waals surface area contributed by atoms with Crippen LogP contribution in [0.3, 0.4) is 0 Å². The highest BCUT2D eigenvalue weighted by atomic mass is 16.5. The molecule has 52 heavy (non-hydrogen) atoms. The number of alkyl carbamates (subject to hydrolysis) is 1. The predicted molar refractivity (Wildman–Crippen MR) is 199 cm³/mol. The van der Waals surface area contributed by atoms with Crippen molar-refractivity contribution in [1.29, 1.82) is 0 Å². The van der Waals surface area contributed by atoms with Gasteiger partial charge in [0.2, 0.25) is 11.8 Å². The molecule has 0 aromatic heterocycles. The molecule has 16 heteroatoms. The van der Waals surface area contributed by atoms with E-state index in [2.05, 4.69) is 36.5 Å². The van der Waals surface area contributed by atoms with Crippen LogP contribution < -0.4 is 27.0 Å². The number of benzene rings is 2. The second-order valence-corrected chi connectivity index (χ2v) is 13.7. The van der Waals surface area contributed by atoms with E-state index in [9.17, 15) is 24.3 Å². The van der Waals surface area contributed by atoms with Gasteiger partial charge in [-0.05, 0) is 86.1 Å². The molecule has 0 saturated carbocycles. The summed E-state index contributed by atoms with van der Waals surface area (Å²) in [6.45, 7) is 9.61. The maximum atomic E-state index is 13.2. The van der Waals surface area contributed by atoms with Crippen molar-refractivity contribution in [3.63, 3.8) is 0 Å². The largest absolute Gasteiger partial charge is 0.465 e. The van der Waals surface area contributed by atoms with Crippen molar-refractivity contribution in [1.82, 2.24) is 20.4 Å². The lowest BCUT2D eigenvalue weighted by Crippen LogP contribution is -2.53. The molecule has 4 amide bonds. The monoisotopic (exact) mass is 720 g/mol. The number of hydrogen-bond donors (Lipinski definition) is 6. The number of ether oxygens (including phenoxy) is 1. The lowest BCUT2D eigenvalue weighted by molar-refractivity contribution is -0.135. The average Bonchev–Trinajstić information content (AvgIpc) is 3.81. The first kappa shape index (κ1) is 39.4. The highest BCUT2D eigenvalue weighted by Crippen LogP contribution is 2.25. The summed E-state index contributed by atoms with van der Waals surface area (Å²) in [7, 11) is 1.31. The molecule has 0 bridgehead atoms. The second kappa shape index (κ2) is 18.7. The third kappa shape index (κ3) is 11.0. The molecule has 282 valence electrons. The predicted octanol–water partition coefficient (Wildman–Crippen LogP) is 4.90. The Morgan fingerprint density at radius 2 is 1.46 bits per heavy atom. The van der Waals surface area contributed by atoms with Crippen molar-refractivity contribution < 1.29 is 29.0 Å². The molecule has 2 aliphatic heterocycles. The van der Waals surface area contributed by atoms with Crippen molar-refractivity contribution in [2.75, 3.05) is 43.9 Å². The smallest absolute Gasteiger partial charge is 0.407 e. The molecule has 2 aliphatic rings. The number of amides is 4. The number of rotatable bonds is 14. The maximum absolute atomic E-state index is 13.2. The molecule has 4 unspecified atom stereocenters. The number of carboxylic acid groups (broad SMARTS) is 1. The second-order valence-electron chi connectivity index (χ2n) is 13.7. The standard InChI is InChI=1S/C36H52N10O6/c1-22(2)29(41-36(51)52-5)21-39-34(37)46-19-7-9-30(46)32(47)40-25-12-16-27(17-13-25)44-43-26-14-10-24(11-15-26)38-20-28-8-6-18-45(28)33(48)31(23(3)4)42-35(49)50/h10-17,22-23,28-31,38,42H,6-9,18-21H2,1-5H3,(H2,37,39)(H,40,47)(H,41,51)(H,49,50). The summed E-state index contributed by atoms with van der Waals surface area (Å²) in [6.07, 6.45) is 1.41. The Morgan fingerprint density at radius 1 is 0.865 bits per heavy atom. The fraction of sp³-hybridized carbons (Fsp3) is 0.528. The van der Waals surface area contributed by atoms with E-state index >= 15 is 0 Å². The van der Waals surface area contributed by atoms with Gasteiger partial charge in [-0.15, -0.1) is 0 Å². The summed E-state index contributed by atoms with van der Waals surface area (Å²) >= 11 is 0. The normalized spacial score (nSPS) is 18.8. The summed E-state index contributed by atoms with van der Waals surface area (Å²) in [6, 6.07) is 13.0. The lowest BCUT2D eigenvalue weighted by Gasteiger charge is -2.30. The molecule has 0 aliphatic carbocycles. The maximum Gasteiger partial charge on any atom is 0.407 e. The van der Waals surface area contributed by atoms with Crippen LogP contribution in [-0.4, -0.2) is 102 Å². The topological polar surface area (TPSA) is 215 Å². The van der Waals surface area contributed by atoms with Crippen LogP contribution >= 0.6 is 0 Å². The van der Waals surface area contributed by atoms with E-state index in [0.29, 0.717) is 43.1 Å². The summed E-state index contributed by atoms with van der Waals surface area (Å²) in [5.74, 6) is -0.173. The van der Waals surface area contributed by atoms with E-state index < -0.39 is 24.3 Å². The Balaban J connectivity index is 1.27. The van der Waals surface area contributed by atoms with Gasteiger partial charge in [0.25, 0.3) is 0 Å². The van der Waals surface area contributed by atoms with E-state index in [1.165, 1.54) is 7.11 Å². The number of nitrogens with one attached hydrogen (secondary N) is 4. The quantitative estimate of drug-likeness (QED) is 0.0888.